The Morgan fingerprint density at radius 3 is 2.68 bits per heavy atom. The minimum atomic E-state index is 0.139. The number of hydrogen-bond donors (Lipinski definition) is 2. The van der Waals surface area contributed by atoms with E-state index < -0.39 is 0 Å². The van der Waals surface area contributed by atoms with E-state index in [-0.39, 0.29) is 12.7 Å². The summed E-state index contributed by atoms with van der Waals surface area (Å²) >= 11 is 0. The Kier molecular flexibility index (Phi) is 5.03. The van der Waals surface area contributed by atoms with E-state index in [1.54, 1.807) is 0 Å². The van der Waals surface area contributed by atoms with E-state index in [9.17, 15) is 4.79 Å². The van der Waals surface area contributed by atoms with Gasteiger partial charge in [-0.05, 0) is 25.0 Å². The van der Waals surface area contributed by atoms with Gasteiger partial charge in [0.1, 0.15) is 0 Å². The fourth-order valence-electron chi connectivity index (χ4n) is 3.05. The number of hydrogen-bond acceptors (Lipinski definition) is 4. The van der Waals surface area contributed by atoms with Crippen molar-refractivity contribution >= 4 is 11.6 Å². The fourth-order valence-corrected chi connectivity index (χ4v) is 3.05. The first-order valence-electron chi connectivity index (χ1n) is 8.24. The van der Waals surface area contributed by atoms with E-state index in [1.165, 1.54) is 25.7 Å². The molecule has 22 heavy (non-hydrogen) atoms. The number of nitrogens with one attached hydrogen (secondary N) is 2. The normalized spacial score (nSPS) is 17.8. The molecule has 1 aliphatic carbocycles. The molecule has 0 saturated heterocycles. The first kappa shape index (κ1) is 15.0. The zero-order valence-electron chi connectivity index (χ0n) is 12.9. The van der Waals surface area contributed by atoms with Crippen LogP contribution in [-0.2, 0) is 4.79 Å². The number of fused-ring (bicyclic) bond motifs is 1. The second kappa shape index (κ2) is 7.38. The second-order valence-electron chi connectivity index (χ2n) is 6.00. The third-order valence-electron chi connectivity index (χ3n) is 4.27. The summed E-state index contributed by atoms with van der Waals surface area (Å²) in [5.41, 5.74) is 0.950. The van der Waals surface area contributed by atoms with Gasteiger partial charge < -0.3 is 20.1 Å². The van der Waals surface area contributed by atoms with Crippen molar-refractivity contribution < 1.29 is 14.3 Å². The SMILES string of the molecule is O=C(CCNc1ccc2c(c1)OCO2)NC1CCCCCC1. The van der Waals surface area contributed by atoms with Crippen LogP contribution in [0.2, 0.25) is 0 Å². The zero-order valence-corrected chi connectivity index (χ0v) is 12.9. The van der Waals surface area contributed by atoms with E-state index in [1.807, 2.05) is 18.2 Å². The van der Waals surface area contributed by atoms with E-state index >= 15 is 0 Å². The number of anilines is 1. The lowest BCUT2D eigenvalue weighted by molar-refractivity contribution is -0.121. The molecule has 2 aliphatic rings. The summed E-state index contributed by atoms with van der Waals surface area (Å²) in [6.45, 7) is 0.904. The molecule has 0 aromatic heterocycles. The van der Waals surface area contributed by atoms with Crippen molar-refractivity contribution in [1.82, 2.24) is 5.32 Å². The van der Waals surface area contributed by atoms with Crippen molar-refractivity contribution in [2.24, 2.45) is 0 Å². The van der Waals surface area contributed by atoms with E-state index in [4.69, 9.17) is 9.47 Å². The van der Waals surface area contributed by atoms with Gasteiger partial charge in [0.05, 0.1) is 0 Å². The first-order valence-corrected chi connectivity index (χ1v) is 8.24. The lowest BCUT2D eigenvalue weighted by atomic mass is 10.1. The zero-order chi connectivity index (χ0) is 15.2. The fraction of sp³-hybridized carbons (Fsp3) is 0.588. The van der Waals surface area contributed by atoms with Crippen LogP contribution in [0.25, 0.3) is 0 Å². The van der Waals surface area contributed by atoms with E-state index in [0.717, 1.165) is 30.0 Å². The highest BCUT2D eigenvalue weighted by Crippen LogP contribution is 2.34. The van der Waals surface area contributed by atoms with Crippen LogP contribution >= 0.6 is 0 Å². The standard InChI is InChI=1S/C17H24N2O3/c20-17(19-13-5-3-1-2-4-6-13)9-10-18-14-7-8-15-16(11-14)22-12-21-15/h7-8,11,13,18H,1-6,9-10,12H2,(H,19,20). The molecule has 2 N–H and O–H groups in total. The van der Waals surface area contributed by atoms with Gasteiger partial charge >= 0.3 is 0 Å². The Morgan fingerprint density at radius 2 is 1.86 bits per heavy atom. The quantitative estimate of drug-likeness (QED) is 0.821. The number of carbonyl (C=O) groups excluding carboxylic acids is 1. The first-order chi connectivity index (χ1) is 10.8. The number of ether oxygens (including phenoxy) is 2. The largest absolute Gasteiger partial charge is 0.454 e. The van der Waals surface area contributed by atoms with Crippen LogP contribution in [0.15, 0.2) is 18.2 Å². The highest BCUT2D eigenvalue weighted by Gasteiger charge is 2.15. The highest BCUT2D eigenvalue weighted by atomic mass is 16.7. The Morgan fingerprint density at radius 1 is 1.09 bits per heavy atom. The molecule has 5 nitrogen and oxygen atoms in total. The lowest BCUT2D eigenvalue weighted by Crippen LogP contribution is -2.35. The number of carbonyl (C=O) groups is 1. The van der Waals surface area contributed by atoms with Gasteiger partial charge in [0.25, 0.3) is 0 Å². The Bertz CT molecular complexity index is 511. The third kappa shape index (κ3) is 4.06. The minimum absolute atomic E-state index is 0.139. The molecule has 1 aromatic carbocycles. The summed E-state index contributed by atoms with van der Waals surface area (Å²) in [5, 5.41) is 6.42. The smallest absolute Gasteiger partial charge is 0.231 e. The van der Waals surface area contributed by atoms with Crippen molar-refractivity contribution in [2.75, 3.05) is 18.7 Å². The predicted molar refractivity (Wildman–Crippen MR) is 85.3 cm³/mol. The molecule has 0 atom stereocenters. The van der Waals surface area contributed by atoms with Gasteiger partial charge in [-0.3, -0.25) is 4.79 Å². The van der Waals surface area contributed by atoms with E-state index in [0.29, 0.717) is 19.0 Å². The average Bonchev–Trinajstić information content (AvgIpc) is 2.83. The molecule has 0 radical (unpaired) electrons. The summed E-state index contributed by atoms with van der Waals surface area (Å²) in [6, 6.07) is 6.11. The molecule has 0 bridgehead atoms. The Balaban J connectivity index is 1.39. The van der Waals surface area contributed by atoms with Crippen LogP contribution in [0.1, 0.15) is 44.9 Å². The van der Waals surface area contributed by atoms with Gasteiger partial charge in [0.2, 0.25) is 12.7 Å². The van der Waals surface area contributed by atoms with Gasteiger partial charge in [0.15, 0.2) is 11.5 Å². The van der Waals surface area contributed by atoms with Gasteiger partial charge in [-0.25, -0.2) is 0 Å². The molecule has 3 rings (SSSR count). The second-order valence-corrected chi connectivity index (χ2v) is 6.00. The molecule has 1 aromatic rings. The third-order valence-corrected chi connectivity index (χ3v) is 4.27. The van der Waals surface area contributed by atoms with Crippen LogP contribution in [-0.4, -0.2) is 25.3 Å². The van der Waals surface area contributed by atoms with Gasteiger partial charge in [-0.15, -0.1) is 0 Å². The van der Waals surface area contributed by atoms with Crippen LogP contribution < -0.4 is 20.1 Å². The average molecular weight is 304 g/mol. The molecule has 1 heterocycles. The maximum absolute atomic E-state index is 12.0. The molecule has 0 spiro atoms. The number of benzene rings is 1. The predicted octanol–water partition coefficient (Wildman–Crippen LogP) is 3.06. The summed E-state index contributed by atoms with van der Waals surface area (Å²) < 4.78 is 10.6. The van der Waals surface area contributed by atoms with Crippen molar-refractivity contribution in [3.05, 3.63) is 18.2 Å². The topological polar surface area (TPSA) is 59.6 Å². The van der Waals surface area contributed by atoms with Crippen molar-refractivity contribution in [3.8, 4) is 11.5 Å². The van der Waals surface area contributed by atoms with Gasteiger partial charge in [0, 0.05) is 30.8 Å². The Labute approximate surface area is 131 Å². The lowest BCUT2D eigenvalue weighted by Gasteiger charge is -2.16. The van der Waals surface area contributed by atoms with Crippen LogP contribution in [0.5, 0.6) is 11.5 Å². The maximum Gasteiger partial charge on any atom is 0.231 e. The van der Waals surface area contributed by atoms with Gasteiger partial charge in [-0.1, -0.05) is 25.7 Å². The van der Waals surface area contributed by atoms with Gasteiger partial charge in [-0.2, -0.15) is 0 Å². The molecule has 1 amide bonds. The molecular formula is C17H24N2O3. The summed E-state index contributed by atoms with van der Waals surface area (Å²) in [7, 11) is 0. The van der Waals surface area contributed by atoms with Crippen LogP contribution in [0.3, 0.4) is 0 Å². The summed E-state index contributed by atoms with van der Waals surface area (Å²) in [4.78, 5) is 12.0. The van der Waals surface area contributed by atoms with Crippen molar-refractivity contribution in [1.29, 1.82) is 0 Å². The highest BCUT2D eigenvalue weighted by molar-refractivity contribution is 5.76. The number of rotatable bonds is 5. The van der Waals surface area contributed by atoms with Crippen LogP contribution in [0.4, 0.5) is 5.69 Å². The van der Waals surface area contributed by atoms with Crippen molar-refractivity contribution in [2.45, 2.75) is 51.0 Å². The molecular weight excluding hydrogens is 280 g/mol. The molecule has 0 unspecified atom stereocenters. The summed E-state index contributed by atoms with van der Waals surface area (Å²) in [5.74, 6) is 1.67. The molecule has 1 aliphatic heterocycles. The number of amides is 1. The Hall–Kier alpha value is -1.91. The molecule has 1 saturated carbocycles. The monoisotopic (exact) mass is 304 g/mol. The molecule has 5 heteroatoms. The summed E-state index contributed by atoms with van der Waals surface area (Å²) in [6.07, 6.45) is 7.82. The molecule has 1 fully saturated rings. The van der Waals surface area contributed by atoms with Crippen molar-refractivity contribution in [3.63, 3.8) is 0 Å². The van der Waals surface area contributed by atoms with Crippen LogP contribution in [0, 0.1) is 0 Å². The molecule has 120 valence electrons. The minimum Gasteiger partial charge on any atom is -0.454 e. The maximum atomic E-state index is 12.0. The van der Waals surface area contributed by atoms with E-state index in [2.05, 4.69) is 10.6 Å².